The second-order valence-electron chi connectivity index (χ2n) is 25.5. The molecule has 0 aromatic carbocycles. The summed E-state index contributed by atoms with van der Waals surface area (Å²) in [6, 6.07) is 0. The van der Waals surface area contributed by atoms with Crippen molar-refractivity contribution in [2.45, 2.75) is 242 Å². The molecule has 2 unspecified atom stereocenters. The van der Waals surface area contributed by atoms with E-state index in [0.717, 1.165) is 31.3 Å². The number of ether oxygens (including phenoxy) is 8. The van der Waals surface area contributed by atoms with Crippen molar-refractivity contribution in [2.75, 3.05) is 19.8 Å². The second-order valence-corrected chi connectivity index (χ2v) is 25.5. The maximum Gasteiger partial charge on any atom is 0.310 e. The Labute approximate surface area is 437 Å². The zero-order valence-corrected chi connectivity index (χ0v) is 44.4. The number of aliphatic carboxylic acids is 1. The van der Waals surface area contributed by atoms with Gasteiger partial charge in [0, 0.05) is 5.92 Å². The van der Waals surface area contributed by atoms with Crippen LogP contribution in [0.25, 0.3) is 0 Å². The predicted molar refractivity (Wildman–Crippen MR) is 257 cm³/mol. The molecule has 4 aliphatic heterocycles. The lowest BCUT2D eigenvalue weighted by Crippen LogP contribution is -2.68. The molecule has 4 saturated carbocycles. The zero-order valence-electron chi connectivity index (χ0n) is 44.4. The average Bonchev–Trinajstić information content (AvgIpc) is 3.35. The van der Waals surface area contributed by atoms with Gasteiger partial charge >= 0.3 is 5.97 Å². The maximum absolute atomic E-state index is 13.3. The van der Waals surface area contributed by atoms with Crippen molar-refractivity contribution in [1.82, 2.24) is 0 Å². The number of rotatable bonds is 11. The summed E-state index contributed by atoms with van der Waals surface area (Å²) in [5.74, 6) is -1.14. The summed E-state index contributed by atoms with van der Waals surface area (Å²) in [7, 11) is 0. The lowest BCUT2D eigenvalue weighted by Gasteiger charge is -2.72. The van der Waals surface area contributed by atoms with E-state index < -0.39 is 171 Å². The molecule has 0 radical (unpaired) electrons. The second kappa shape index (κ2) is 20.7. The van der Waals surface area contributed by atoms with Crippen LogP contribution in [0, 0.1) is 50.7 Å². The van der Waals surface area contributed by atoms with E-state index in [4.69, 9.17) is 37.9 Å². The molecule has 0 aromatic rings. The normalized spacial score (nSPS) is 55.9. The third-order valence-electron chi connectivity index (χ3n) is 21.5. The number of hydrogen-bond donors (Lipinski definition) is 13. The quantitative estimate of drug-likeness (QED) is 0.0887. The molecule has 0 amide bonds. The summed E-state index contributed by atoms with van der Waals surface area (Å²) in [6.07, 6.45) is -24.1. The van der Waals surface area contributed by atoms with E-state index in [1.54, 1.807) is 0 Å². The number of fused-ring (bicyclic) bond motifs is 7. The van der Waals surface area contributed by atoms with Gasteiger partial charge < -0.3 is 104 Å². The van der Waals surface area contributed by atoms with E-state index in [2.05, 4.69) is 40.7 Å². The molecule has 9 rings (SSSR count). The molecule has 0 aromatic heterocycles. The van der Waals surface area contributed by atoms with Gasteiger partial charge in [-0.1, -0.05) is 53.2 Å². The minimum Gasteiger partial charge on any atom is -0.481 e. The highest BCUT2D eigenvalue weighted by Gasteiger charge is 2.72. The van der Waals surface area contributed by atoms with E-state index in [1.807, 2.05) is 13.8 Å². The van der Waals surface area contributed by atoms with Gasteiger partial charge in [-0.15, -0.1) is 0 Å². The molecular weight excluding hydrogens is 989 g/mol. The highest BCUT2D eigenvalue weighted by Crippen LogP contribution is 2.76. The minimum absolute atomic E-state index is 0.0724. The van der Waals surface area contributed by atoms with Crippen LogP contribution in [-0.4, -0.2) is 221 Å². The highest BCUT2D eigenvalue weighted by atomic mass is 16.8. The minimum atomic E-state index is -1.96. The van der Waals surface area contributed by atoms with Crippen LogP contribution in [0.2, 0.25) is 0 Å². The van der Waals surface area contributed by atoms with Gasteiger partial charge in [-0.2, -0.15) is 0 Å². The van der Waals surface area contributed by atoms with Crippen molar-refractivity contribution in [3.05, 3.63) is 11.6 Å². The number of carbonyl (C=O) groups is 1. The summed E-state index contributed by atoms with van der Waals surface area (Å²) >= 11 is 0. The molecule has 75 heavy (non-hydrogen) atoms. The van der Waals surface area contributed by atoms with Gasteiger partial charge in [-0.3, -0.25) is 4.79 Å². The Bertz CT molecular complexity index is 2080. The van der Waals surface area contributed by atoms with Gasteiger partial charge in [0.15, 0.2) is 25.2 Å². The largest absolute Gasteiger partial charge is 0.481 e. The first kappa shape index (κ1) is 58.1. The fraction of sp³-hybridized carbons (Fsp3) is 0.943. The summed E-state index contributed by atoms with van der Waals surface area (Å²) in [5.41, 5.74) is -2.54. The van der Waals surface area contributed by atoms with Crippen LogP contribution < -0.4 is 0 Å². The topological polar surface area (TPSA) is 354 Å². The number of carboxylic acid groups (broad SMARTS) is 1. The van der Waals surface area contributed by atoms with Crippen molar-refractivity contribution in [3.8, 4) is 0 Å². The average molecular weight is 1080 g/mol. The number of carboxylic acids is 1. The Kier molecular flexibility index (Phi) is 16.1. The zero-order chi connectivity index (χ0) is 54.9. The molecule has 13 N–H and O–H groups in total. The van der Waals surface area contributed by atoms with Crippen molar-refractivity contribution in [3.63, 3.8) is 0 Å². The van der Waals surface area contributed by atoms with Crippen LogP contribution in [0.4, 0.5) is 0 Å². The van der Waals surface area contributed by atoms with Gasteiger partial charge in [0.05, 0.1) is 43.0 Å². The van der Waals surface area contributed by atoms with E-state index in [-0.39, 0.29) is 34.0 Å². The number of aliphatic hydroxyl groups excluding tert-OH is 11. The molecule has 430 valence electrons. The number of allylic oxidation sites excluding steroid dienone is 1. The molecule has 29 atom stereocenters. The van der Waals surface area contributed by atoms with Crippen molar-refractivity contribution < 1.29 is 109 Å². The van der Waals surface area contributed by atoms with E-state index >= 15 is 0 Å². The van der Waals surface area contributed by atoms with Crippen molar-refractivity contribution >= 4 is 5.97 Å². The highest BCUT2D eigenvalue weighted by molar-refractivity contribution is 5.77. The Morgan fingerprint density at radius 2 is 1.20 bits per heavy atom. The molecule has 8 fully saturated rings. The van der Waals surface area contributed by atoms with Crippen LogP contribution in [0.15, 0.2) is 11.6 Å². The number of aliphatic hydroxyl groups is 12. The predicted octanol–water partition coefficient (Wildman–Crippen LogP) is -0.832. The summed E-state index contributed by atoms with van der Waals surface area (Å²) in [6.45, 7) is 14.6. The monoisotopic (exact) mass is 1070 g/mol. The van der Waals surface area contributed by atoms with Crippen LogP contribution >= 0.6 is 0 Å². The Morgan fingerprint density at radius 1 is 0.613 bits per heavy atom. The summed E-state index contributed by atoms with van der Waals surface area (Å²) in [4.78, 5) is 13.3. The first-order valence-corrected chi connectivity index (χ1v) is 27.3. The lowest BCUT2D eigenvalue weighted by atomic mass is 9.33. The van der Waals surface area contributed by atoms with Crippen LogP contribution in [0.1, 0.15) is 113 Å². The first-order chi connectivity index (χ1) is 35.0. The molecule has 0 bridgehead atoms. The van der Waals surface area contributed by atoms with Gasteiger partial charge in [-0.05, 0) is 111 Å². The molecule has 22 nitrogen and oxygen atoms in total. The van der Waals surface area contributed by atoms with E-state index in [0.29, 0.717) is 32.1 Å². The third kappa shape index (κ3) is 9.12. The Morgan fingerprint density at radius 3 is 1.84 bits per heavy atom. The van der Waals surface area contributed by atoms with E-state index in [1.165, 1.54) is 6.92 Å². The Balaban J connectivity index is 1.01. The number of hydrogen-bond acceptors (Lipinski definition) is 21. The molecule has 4 saturated heterocycles. The molecule has 5 aliphatic carbocycles. The SMILES string of the molecule is C[C@@H]1O[C@@H](O[C@H]2[C@H](O[C@H]3CC[C@]4(C)[C@H]5CC=C6[C@H]7[C@](C(=O)O)(CC[C@@H](C)[C@@]7(C)O)CC[C@@]6(C)[C@]5(C)CC[C@H]4C3(C)C)OC[C@H](O)[C@@H]2O[C@@H]2O[C@H](CO)[C@@H](O)[C@H](O)[C@H]2O[C@@H]2O[C@H](CO)C(O)C(O)[C@H]2O)[C@H](O)[C@H](O)[C@H]1O. The standard InChI is InChI=1S/C53H86O22/c1-22-11-16-53(47(65)66)18-17-50(6)24(42(53)52(22,8)67)9-10-29-49(5)14-13-30(48(3,4)28(49)12-15-51(29,50)7)72-45-41(75-43-37(63)34(60)31(57)23(2)69-43)39(25(56)21-68-45)73-46-40(36(62)33(59)27(20-55)71-46)74-44-38(64)35(61)32(58)26(19-54)70-44/h9,22-23,25-46,54-64,67H,10-21H2,1-8H3,(H,65,66)/t22-,23+,25+,26-,27-,28+,29-,30+,31+,32?,33-,34-,35?,36+,37-,38-,39+,40-,41-,42-,43+,44+,45+,46+,49+,50-,51-,52-,53+/m1/s1. The van der Waals surface area contributed by atoms with Gasteiger partial charge in [-0.25, -0.2) is 0 Å². The van der Waals surface area contributed by atoms with Gasteiger partial charge in [0.1, 0.15) is 85.5 Å². The van der Waals surface area contributed by atoms with E-state index in [9.17, 15) is 71.2 Å². The smallest absolute Gasteiger partial charge is 0.310 e. The van der Waals surface area contributed by atoms with Crippen molar-refractivity contribution in [1.29, 1.82) is 0 Å². The third-order valence-corrected chi connectivity index (χ3v) is 21.5. The molecular formula is C53H86O22. The Hall–Kier alpha value is -1.59. The molecule has 9 aliphatic rings. The van der Waals surface area contributed by atoms with Crippen molar-refractivity contribution in [2.24, 2.45) is 50.7 Å². The molecule has 0 spiro atoms. The van der Waals surface area contributed by atoms with Crippen LogP contribution in [0.3, 0.4) is 0 Å². The summed E-state index contributed by atoms with van der Waals surface area (Å²) in [5, 5.41) is 142. The lowest BCUT2D eigenvalue weighted by molar-refractivity contribution is -0.401. The molecule has 22 heteroatoms. The fourth-order valence-corrected chi connectivity index (χ4v) is 16.5. The van der Waals surface area contributed by atoms with Gasteiger partial charge in [0.25, 0.3) is 0 Å². The van der Waals surface area contributed by atoms with Gasteiger partial charge in [0.2, 0.25) is 0 Å². The maximum atomic E-state index is 13.3. The van der Waals surface area contributed by atoms with Crippen LogP contribution in [-0.2, 0) is 42.7 Å². The molecule has 4 heterocycles. The van der Waals surface area contributed by atoms with Crippen LogP contribution in [0.5, 0.6) is 0 Å². The first-order valence-electron chi connectivity index (χ1n) is 27.3. The fourth-order valence-electron chi connectivity index (χ4n) is 16.5. The summed E-state index contributed by atoms with van der Waals surface area (Å²) < 4.78 is 49.5.